The molecule has 0 saturated heterocycles. The minimum absolute atomic E-state index is 0.302. The average Bonchev–Trinajstić information content (AvgIpc) is 2.46. The van der Waals surface area contributed by atoms with Crippen LogP contribution in [0, 0.1) is 11.8 Å². The van der Waals surface area contributed by atoms with E-state index in [0.717, 1.165) is 38.6 Å². The molecular formula is C16H23NO. The highest BCUT2D eigenvalue weighted by Gasteiger charge is 2.24. The average molecular weight is 245 g/mol. The summed E-state index contributed by atoms with van der Waals surface area (Å²) in [6, 6.07) is 10.3. The van der Waals surface area contributed by atoms with E-state index in [1.165, 1.54) is 5.56 Å². The summed E-state index contributed by atoms with van der Waals surface area (Å²) < 4.78 is 0. The molecule has 1 aromatic rings. The van der Waals surface area contributed by atoms with E-state index in [1.807, 2.05) is 18.2 Å². The van der Waals surface area contributed by atoms with Gasteiger partial charge in [-0.3, -0.25) is 4.79 Å². The number of benzene rings is 1. The maximum Gasteiger partial charge on any atom is 0.136 e. The number of Topliss-reactive ketones (excluding diaryl/α,β-unsaturated/α-hetero) is 1. The zero-order valence-corrected chi connectivity index (χ0v) is 11.0. The van der Waals surface area contributed by atoms with Crippen LogP contribution in [-0.4, -0.2) is 12.3 Å². The van der Waals surface area contributed by atoms with Crippen LogP contribution in [-0.2, 0) is 11.2 Å². The van der Waals surface area contributed by atoms with Crippen LogP contribution >= 0.6 is 0 Å². The number of carbonyl (C=O) groups excluding carboxylic acids is 1. The van der Waals surface area contributed by atoms with Crippen molar-refractivity contribution in [2.24, 2.45) is 17.6 Å². The monoisotopic (exact) mass is 245 g/mol. The lowest BCUT2D eigenvalue weighted by atomic mass is 9.79. The van der Waals surface area contributed by atoms with Crippen molar-refractivity contribution < 1.29 is 4.79 Å². The van der Waals surface area contributed by atoms with Gasteiger partial charge in [-0.2, -0.15) is 0 Å². The van der Waals surface area contributed by atoms with E-state index in [0.29, 0.717) is 24.0 Å². The third-order valence-electron chi connectivity index (χ3n) is 4.14. The Morgan fingerprint density at radius 2 is 1.78 bits per heavy atom. The topological polar surface area (TPSA) is 43.1 Å². The molecule has 1 fully saturated rings. The normalized spacial score (nSPS) is 23.8. The number of hydrogen-bond donors (Lipinski definition) is 1. The second-order valence-electron chi connectivity index (χ2n) is 5.41. The first-order valence-corrected chi connectivity index (χ1v) is 7.06. The molecule has 0 unspecified atom stereocenters. The van der Waals surface area contributed by atoms with Crippen molar-refractivity contribution >= 4 is 5.78 Å². The van der Waals surface area contributed by atoms with E-state index in [-0.39, 0.29) is 0 Å². The summed E-state index contributed by atoms with van der Waals surface area (Å²) in [6.07, 6.45) is 5.96. The molecule has 2 nitrogen and oxygen atoms in total. The highest BCUT2D eigenvalue weighted by molar-refractivity contribution is 5.81. The standard InChI is InChI=1S/C16H23NO/c17-12-14-6-9-15(10-7-14)16(18)11-8-13-4-2-1-3-5-13/h1-5,14-15H,6-12,17H2. The zero-order valence-electron chi connectivity index (χ0n) is 11.0. The summed E-state index contributed by atoms with van der Waals surface area (Å²) in [5.41, 5.74) is 6.94. The fourth-order valence-corrected chi connectivity index (χ4v) is 2.84. The van der Waals surface area contributed by atoms with Crippen molar-refractivity contribution in [3.63, 3.8) is 0 Å². The summed E-state index contributed by atoms with van der Waals surface area (Å²) in [5.74, 6) is 1.41. The van der Waals surface area contributed by atoms with Crippen molar-refractivity contribution in [3.8, 4) is 0 Å². The van der Waals surface area contributed by atoms with E-state index in [1.54, 1.807) is 0 Å². The predicted octanol–water partition coefficient (Wildman–Crippen LogP) is 2.95. The maximum atomic E-state index is 12.1. The number of carbonyl (C=O) groups is 1. The lowest BCUT2D eigenvalue weighted by Gasteiger charge is -2.26. The fourth-order valence-electron chi connectivity index (χ4n) is 2.84. The third-order valence-corrected chi connectivity index (χ3v) is 4.14. The molecule has 2 N–H and O–H groups in total. The van der Waals surface area contributed by atoms with Gasteiger partial charge in [-0.05, 0) is 50.1 Å². The Balaban J connectivity index is 1.75. The van der Waals surface area contributed by atoms with Crippen molar-refractivity contribution in [2.45, 2.75) is 38.5 Å². The summed E-state index contributed by atoms with van der Waals surface area (Å²) >= 11 is 0. The van der Waals surface area contributed by atoms with Crippen LogP contribution in [0.15, 0.2) is 30.3 Å². The molecule has 0 atom stereocenters. The Kier molecular flexibility index (Phi) is 4.94. The first-order chi connectivity index (χ1) is 8.79. The van der Waals surface area contributed by atoms with Gasteiger partial charge in [0.1, 0.15) is 5.78 Å². The van der Waals surface area contributed by atoms with Crippen LogP contribution in [0.2, 0.25) is 0 Å². The molecule has 0 bridgehead atoms. The van der Waals surface area contributed by atoms with E-state index in [4.69, 9.17) is 5.73 Å². The highest BCUT2D eigenvalue weighted by atomic mass is 16.1. The van der Waals surface area contributed by atoms with Crippen LogP contribution in [0.1, 0.15) is 37.7 Å². The van der Waals surface area contributed by atoms with Gasteiger partial charge in [0.15, 0.2) is 0 Å². The van der Waals surface area contributed by atoms with Crippen molar-refractivity contribution in [2.75, 3.05) is 6.54 Å². The van der Waals surface area contributed by atoms with Gasteiger partial charge in [0, 0.05) is 12.3 Å². The maximum absolute atomic E-state index is 12.1. The van der Waals surface area contributed by atoms with Crippen LogP contribution < -0.4 is 5.73 Å². The second-order valence-corrected chi connectivity index (χ2v) is 5.41. The lowest BCUT2D eigenvalue weighted by molar-refractivity contribution is -0.124. The molecule has 1 aromatic carbocycles. The largest absolute Gasteiger partial charge is 0.330 e. The van der Waals surface area contributed by atoms with Gasteiger partial charge in [-0.25, -0.2) is 0 Å². The number of aryl methyl sites for hydroxylation is 1. The first-order valence-electron chi connectivity index (χ1n) is 7.06. The Hall–Kier alpha value is -1.15. The quantitative estimate of drug-likeness (QED) is 0.866. The van der Waals surface area contributed by atoms with E-state index >= 15 is 0 Å². The minimum atomic E-state index is 0.302. The minimum Gasteiger partial charge on any atom is -0.330 e. The highest BCUT2D eigenvalue weighted by Crippen LogP contribution is 2.29. The number of nitrogens with two attached hydrogens (primary N) is 1. The zero-order chi connectivity index (χ0) is 12.8. The van der Waals surface area contributed by atoms with Gasteiger partial charge in [0.05, 0.1) is 0 Å². The molecule has 98 valence electrons. The van der Waals surface area contributed by atoms with E-state index in [2.05, 4.69) is 12.1 Å². The molecule has 0 spiro atoms. The van der Waals surface area contributed by atoms with Gasteiger partial charge in [0.25, 0.3) is 0 Å². The van der Waals surface area contributed by atoms with Crippen LogP contribution in [0.25, 0.3) is 0 Å². The van der Waals surface area contributed by atoms with E-state index in [9.17, 15) is 4.79 Å². The lowest BCUT2D eigenvalue weighted by Crippen LogP contribution is -2.25. The Morgan fingerprint density at radius 3 is 2.39 bits per heavy atom. The Bertz CT molecular complexity index is 366. The molecule has 1 aliphatic rings. The third kappa shape index (κ3) is 3.67. The summed E-state index contributed by atoms with van der Waals surface area (Å²) in [7, 11) is 0. The van der Waals surface area contributed by atoms with Gasteiger partial charge in [-0.15, -0.1) is 0 Å². The Morgan fingerprint density at radius 1 is 1.11 bits per heavy atom. The van der Waals surface area contributed by atoms with Crippen LogP contribution in [0.4, 0.5) is 0 Å². The van der Waals surface area contributed by atoms with Gasteiger partial charge in [0.2, 0.25) is 0 Å². The Labute approximate surface area is 110 Å². The molecule has 1 aliphatic carbocycles. The number of hydrogen-bond acceptors (Lipinski definition) is 2. The molecule has 0 aromatic heterocycles. The molecule has 2 heteroatoms. The molecule has 1 saturated carbocycles. The molecule has 18 heavy (non-hydrogen) atoms. The first kappa shape index (κ1) is 13.3. The summed E-state index contributed by atoms with van der Waals surface area (Å²) in [5, 5.41) is 0. The SMILES string of the molecule is NCC1CCC(C(=O)CCc2ccccc2)CC1. The summed E-state index contributed by atoms with van der Waals surface area (Å²) in [4.78, 5) is 12.1. The van der Waals surface area contributed by atoms with Gasteiger partial charge >= 0.3 is 0 Å². The fraction of sp³-hybridized carbons (Fsp3) is 0.562. The van der Waals surface area contributed by atoms with Crippen molar-refractivity contribution in [3.05, 3.63) is 35.9 Å². The number of ketones is 1. The molecule has 0 aliphatic heterocycles. The van der Waals surface area contributed by atoms with E-state index < -0.39 is 0 Å². The number of rotatable bonds is 5. The predicted molar refractivity (Wildman–Crippen MR) is 74.3 cm³/mol. The van der Waals surface area contributed by atoms with Gasteiger partial charge in [-0.1, -0.05) is 30.3 Å². The van der Waals surface area contributed by atoms with Crippen LogP contribution in [0.3, 0.4) is 0 Å². The second kappa shape index (κ2) is 6.69. The molecule has 0 radical (unpaired) electrons. The van der Waals surface area contributed by atoms with Crippen molar-refractivity contribution in [1.82, 2.24) is 0 Å². The molecule has 2 rings (SSSR count). The van der Waals surface area contributed by atoms with Gasteiger partial charge < -0.3 is 5.73 Å². The summed E-state index contributed by atoms with van der Waals surface area (Å²) in [6.45, 7) is 0.783. The van der Waals surface area contributed by atoms with Crippen molar-refractivity contribution in [1.29, 1.82) is 0 Å². The molecular weight excluding hydrogens is 222 g/mol. The molecule has 0 amide bonds. The molecule has 0 heterocycles. The smallest absolute Gasteiger partial charge is 0.136 e. The van der Waals surface area contributed by atoms with Crippen LogP contribution in [0.5, 0.6) is 0 Å².